The van der Waals surface area contributed by atoms with Gasteiger partial charge in [-0.25, -0.2) is 4.79 Å². The molecule has 1 aromatic carbocycles. The van der Waals surface area contributed by atoms with Gasteiger partial charge in [0.2, 0.25) is 0 Å². The molecule has 0 bridgehead atoms. The third kappa shape index (κ3) is 3.82. The Morgan fingerprint density at radius 1 is 1.20 bits per heavy atom. The van der Waals surface area contributed by atoms with Crippen molar-refractivity contribution in [1.29, 1.82) is 0 Å². The molecule has 0 heterocycles. The maximum absolute atomic E-state index is 10.9. The minimum Gasteiger partial charge on any atom is -0.478 e. The Kier molecular flexibility index (Phi) is 4.72. The van der Waals surface area contributed by atoms with Crippen LogP contribution in [0.15, 0.2) is 66.8 Å². The summed E-state index contributed by atoms with van der Waals surface area (Å²) >= 11 is 0. The lowest BCUT2D eigenvalue weighted by Gasteiger charge is -2.12. The third-order valence-corrected chi connectivity index (χ3v) is 3.33. The van der Waals surface area contributed by atoms with Gasteiger partial charge in [0, 0.05) is 5.92 Å². The van der Waals surface area contributed by atoms with Crippen LogP contribution in [0.3, 0.4) is 0 Å². The van der Waals surface area contributed by atoms with E-state index in [1.54, 1.807) is 18.2 Å². The van der Waals surface area contributed by atoms with Crippen LogP contribution in [0, 0.1) is 11.8 Å². The molecule has 2 heteroatoms. The highest BCUT2D eigenvalue weighted by atomic mass is 16.4. The van der Waals surface area contributed by atoms with Gasteiger partial charge in [-0.3, -0.25) is 0 Å². The number of allylic oxidation sites excluding steroid dienone is 7. The quantitative estimate of drug-likeness (QED) is 0.880. The van der Waals surface area contributed by atoms with E-state index in [-0.39, 0.29) is 0 Å². The van der Waals surface area contributed by atoms with Crippen molar-refractivity contribution in [3.05, 3.63) is 77.9 Å². The van der Waals surface area contributed by atoms with Crippen LogP contribution in [0.25, 0.3) is 6.08 Å². The average Bonchev–Trinajstić information content (AvgIpc) is 2.74. The maximum atomic E-state index is 10.9. The van der Waals surface area contributed by atoms with E-state index in [0.29, 0.717) is 17.4 Å². The highest BCUT2D eigenvalue weighted by Crippen LogP contribution is 2.19. The zero-order valence-electron chi connectivity index (χ0n) is 11.4. The zero-order chi connectivity index (χ0) is 14.4. The molecule has 0 aliphatic heterocycles. The molecule has 102 valence electrons. The van der Waals surface area contributed by atoms with Crippen LogP contribution in [0.5, 0.6) is 0 Å². The van der Waals surface area contributed by atoms with E-state index in [1.807, 2.05) is 24.3 Å². The molecule has 0 saturated heterocycles. The number of hydrogen-bond acceptors (Lipinski definition) is 1. The second kappa shape index (κ2) is 6.71. The predicted octanol–water partition coefficient (Wildman–Crippen LogP) is 4.33. The number of hydrogen-bond donors (Lipinski definition) is 1. The molecule has 0 radical (unpaired) electrons. The molecule has 20 heavy (non-hydrogen) atoms. The minimum atomic E-state index is -0.894. The summed E-state index contributed by atoms with van der Waals surface area (Å²) in [5.74, 6) is -0.172. The van der Waals surface area contributed by atoms with Gasteiger partial charge < -0.3 is 5.11 Å². The monoisotopic (exact) mass is 266 g/mol. The second-order valence-electron chi connectivity index (χ2n) is 4.88. The molecule has 0 fully saturated rings. The van der Waals surface area contributed by atoms with Crippen molar-refractivity contribution in [1.82, 2.24) is 0 Å². The van der Waals surface area contributed by atoms with E-state index >= 15 is 0 Å². The molecule has 1 aromatic rings. The Balaban J connectivity index is 2.08. The molecule has 0 amide bonds. The van der Waals surface area contributed by atoms with Gasteiger partial charge in [-0.2, -0.15) is 0 Å². The van der Waals surface area contributed by atoms with Crippen LogP contribution in [-0.4, -0.2) is 11.1 Å². The molecular formula is C18H18O2. The van der Waals surface area contributed by atoms with E-state index in [1.165, 1.54) is 0 Å². The fourth-order valence-electron chi connectivity index (χ4n) is 2.09. The van der Waals surface area contributed by atoms with Crippen molar-refractivity contribution >= 4 is 12.0 Å². The van der Waals surface area contributed by atoms with Crippen LogP contribution in [0.4, 0.5) is 0 Å². The lowest BCUT2D eigenvalue weighted by atomic mass is 9.92. The number of carboxylic acid groups (broad SMARTS) is 1. The Morgan fingerprint density at radius 3 is 2.55 bits per heavy atom. The molecule has 1 N–H and O–H groups in total. The predicted molar refractivity (Wildman–Crippen MR) is 82.5 cm³/mol. The summed E-state index contributed by atoms with van der Waals surface area (Å²) < 4.78 is 0. The second-order valence-corrected chi connectivity index (χ2v) is 4.88. The van der Waals surface area contributed by atoms with Crippen molar-refractivity contribution in [2.45, 2.75) is 6.92 Å². The van der Waals surface area contributed by atoms with Gasteiger partial charge in [-0.1, -0.05) is 67.7 Å². The number of carbonyl (C=O) groups is 1. The Bertz CT molecular complexity index is 575. The fourth-order valence-corrected chi connectivity index (χ4v) is 2.09. The van der Waals surface area contributed by atoms with E-state index in [0.717, 1.165) is 5.56 Å². The van der Waals surface area contributed by atoms with Crippen LogP contribution in [0.1, 0.15) is 22.8 Å². The van der Waals surface area contributed by atoms with Gasteiger partial charge in [0.05, 0.1) is 5.56 Å². The molecule has 1 aliphatic rings. The molecule has 2 nitrogen and oxygen atoms in total. The van der Waals surface area contributed by atoms with Gasteiger partial charge in [-0.05, 0) is 23.6 Å². The molecule has 0 spiro atoms. The molecule has 1 atom stereocenters. The van der Waals surface area contributed by atoms with Gasteiger partial charge in [0.1, 0.15) is 0 Å². The van der Waals surface area contributed by atoms with Gasteiger partial charge in [0.15, 0.2) is 0 Å². The SMILES string of the molecule is CC(C=Cc1cccc(C(=O)O)c1)C1C=CC=CC=C1. The lowest BCUT2D eigenvalue weighted by Crippen LogP contribution is -2.03. The summed E-state index contributed by atoms with van der Waals surface area (Å²) in [4.78, 5) is 10.9. The van der Waals surface area contributed by atoms with E-state index in [9.17, 15) is 4.79 Å². The summed E-state index contributed by atoms with van der Waals surface area (Å²) in [5.41, 5.74) is 1.23. The first-order valence-electron chi connectivity index (χ1n) is 6.70. The molecule has 0 aromatic heterocycles. The average molecular weight is 266 g/mol. The highest BCUT2D eigenvalue weighted by molar-refractivity contribution is 5.88. The van der Waals surface area contributed by atoms with Crippen LogP contribution >= 0.6 is 0 Å². The van der Waals surface area contributed by atoms with Gasteiger partial charge >= 0.3 is 5.97 Å². The van der Waals surface area contributed by atoms with E-state index in [2.05, 4.69) is 37.3 Å². The molecule has 1 unspecified atom stereocenters. The van der Waals surface area contributed by atoms with Crippen molar-refractivity contribution < 1.29 is 9.90 Å². The molecule has 1 aliphatic carbocycles. The summed E-state index contributed by atoms with van der Waals surface area (Å²) in [6, 6.07) is 6.97. The van der Waals surface area contributed by atoms with Crippen LogP contribution < -0.4 is 0 Å². The van der Waals surface area contributed by atoms with Crippen molar-refractivity contribution in [3.63, 3.8) is 0 Å². The first-order valence-corrected chi connectivity index (χ1v) is 6.70. The van der Waals surface area contributed by atoms with Crippen molar-refractivity contribution in [2.24, 2.45) is 11.8 Å². The number of carboxylic acids is 1. The van der Waals surface area contributed by atoms with Crippen LogP contribution in [0.2, 0.25) is 0 Å². The van der Waals surface area contributed by atoms with Crippen LogP contribution in [-0.2, 0) is 0 Å². The largest absolute Gasteiger partial charge is 0.478 e. The normalized spacial score (nSPS) is 16.4. The zero-order valence-corrected chi connectivity index (χ0v) is 11.4. The first-order chi connectivity index (χ1) is 9.66. The van der Waals surface area contributed by atoms with E-state index < -0.39 is 5.97 Å². The van der Waals surface area contributed by atoms with Gasteiger partial charge in [-0.15, -0.1) is 0 Å². The minimum absolute atomic E-state index is 0.318. The summed E-state index contributed by atoms with van der Waals surface area (Å²) in [5, 5.41) is 8.97. The van der Waals surface area contributed by atoms with Gasteiger partial charge in [0.25, 0.3) is 0 Å². The maximum Gasteiger partial charge on any atom is 0.335 e. The molecule has 2 rings (SSSR count). The van der Waals surface area contributed by atoms with E-state index in [4.69, 9.17) is 5.11 Å². The number of aromatic carboxylic acids is 1. The smallest absolute Gasteiger partial charge is 0.335 e. The Hall–Kier alpha value is -2.35. The molecular weight excluding hydrogens is 248 g/mol. The number of rotatable bonds is 4. The standard InChI is InChI=1S/C18H18O2/c1-14(16-8-4-2-3-5-9-16)11-12-15-7-6-10-17(13-15)18(19)20/h2-14,16H,1H3,(H,19,20). The summed E-state index contributed by atoms with van der Waals surface area (Å²) in [6.07, 6.45) is 16.6. The molecule has 0 saturated carbocycles. The van der Waals surface area contributed by atoms with Crippen molar-refractivity contribution in [2.75, 3.05) is 0 Å². The summed E-state index contributed by atoms with van der Waals surface area (Å²) in [6.45, 7) is 2.15. The fraction of sp³-hybridized carbons (Fsp3) is 0.167. The Labute approximate surface area is 119 Å². The number of benzene rings is 1. The third-order valence-electron chi connectivity index (χ3n) is 3.33. The lowest BCUT2D eigenvalue weighted by molar-refractivity contribution is 0.0697. The first kappa shape index (κ1) is 14.1. The summed E-state index contributed by atoms with van der Waals surface area (Å²) in [7, 11) is 0. The Morgan fingerprint density at radius 2 is 1.90 bits per heavy atom. The highest BCUT2D eigenvalue weighted by Gasteiger charge is 2.08. The van der Waals surface area contributed by atoms with Crippen molar-refractivity contribution in [3.8, 4) is 0 Å². The topological polar surface area (TPSA) is 37.3 Å².